The number of rotatable bonds is 4. The maximum absolute atomic E-state index is 12.8. The summed E-state index contributed by atoms with van der Waals surface area (Å²) in [4.78, 5) is 14.5. The minimum atomic E-state index is -0.0290. The lowest BCUT2D eigenvalue weighted by molar-refractivity contribution is 0.0775. The molecule has 1 aromatic heterocycles. The summed E-state index contributed by atoms with van der Waals surface area (Å²) in [5, 5.41) is 2.48. The van der Waals surface area contributed by atoms with E-state index in [4.69, 9.17) is 15.2 Å². The molecule has 2 aromatic rings. The average molecular weight is 332 g/mol. The number of hydrogen-bond donors (Lipinski definition) is 1. The monoisotopic (exact) mass is 332 g/mol. The molecule has 5 nitrogen and oxygen atoms in total. The number of benzene rings is 1. The van der Waals surface area contributed by atoms with Crippen LogP contribution >= 0.6 is 11.3 Å². The van der Waals surface area contributed by atoms with Crippen LogP contribution in [0.5, 0.6) is 11.5 Å². The summed E-state index contributed by atoms with van der Waals surface area (Å²) in [6.07, 6.45) is 0. The minimum absolute atomic E-state index is 0.0290. The fourth-order valence-electron chi connectivity index (χ4n) is 2.69. The van der Waals surface area contributed by atoms with E-state index in [-0.39, 0.29) is 5.91 Å². The van der Waals surface area contributed by atoms with Gasteiger partial charge in [0.05, 0.1) is 10.6 Å². The highest BCUT2D eigenvalue weighted by atomic mass is 32.1. The summed E-state index contributed by atoms with van der Waals surface area (Å²) in [6.45, 7) is 6.34. The number of nitrogens with two attached hydrogens (primary N) is 1. The third-order valence-corrected chi connectivity index (χ3v) is 4.75. The Balaban J connectivity index is 2.03. The van der Waals surface area contributed by atoms with E-state index in [1.54, 1.807) is 4.90 Å². The maximum atomic E-state index is 12.8. The van der Waals surface area contributed by atoms with Gasteiger partial charge in [0.25, 0.3) is 5.91 Å². The van der Waals surface area contributed by atoms with E-state index in [0.717, 1.165) is 16.9 Å². The van der Waals surface area contributed by atoms with Crippen LogP contribution in [0.3, 0.4) is 0 Å². The lowest BCUT2D eigenvalue weighted by atomic mass is 10.0. The summed E-state index contributed by atoms with van der Waals surface area (Å²) < 4.78 is 11.2. The van der Waals surface area contributed by atoms with E-state index in [2.05, 4.69) is 0 Å². The summed E-state index contributed by atoms with van der Waals surface area (Å²) in [6, 6.07) is 5.73. The summed E-state index contributed by atoms with van der Waals surface area (Å²) in [5.74, 6) is 1.42. The van der Waals surface area contributed by atoms with Crippen LogP contribution in [0.2, 0.25) is 0 Å². The first-order valence-corrected chi connectivity index (χ1v) is 8.59. The van der Waals surface area contributed by atoms with Gasteiger partial charge in [0.2, 0.25) is 0 Å². The Morgan fingerprint density at radius 3 is 2.61 bits per heavy atom. The highest BCUT2D eigenvalue weighted by molar-refractivity contribution is 7.15. The quantitative estimate of drug-likeness (QED) is 0.933. The van der Waals surface area contributed by atoms with E-state index < -0.39 is 0 Å². The van der Waals surface area contributed by atoms with Gasteiger partial charge in [-0.2, -0.15) is 0 Å². The molecule has 6 heteroatoms. The number of nitrogens with zero attached hydrogens (tertiary/aromatic N) is 1. The Bertz CT molecular complexity index is 723. The molecule has 0 bridgehead atoms. The zero-order chi connectivity index (χ0) is 16.4. The van der Waals surface area contributed by atoms with Crippen molar-refractivity contribution in [2.75, 3.05) is 32.0 Å². The second kappa shape index (κ2) is 6.50. The Hall–Kier alpha value is -2.21. The van der Waals surface area contributed by atoms with Gasteiger partial charge in [-0.15, -0.1) is 11.3 Å². The molecular weight excluding hydrogens is 312 g/mol. The first-order valence-electron chi connectivity index (χ1n) is 7.72. The number of fused-ring (bicyclic) bond motifs is 1. The number of carbonyl (C=O) groups excluding carboxylic acids is 1. The Morgan fingerprint density at radius 1 is 1.22 bits per heavy atom. The first-order chi connectivity index (χ1) is 11.2. The van der Waals surface area contributed by atoms with Crippen LogP contribution in [0.4, 0.5) is 5.00 Å². The zero-order valence-corrected chi connectivity index (χ0v) is 14.1. The third-order valence-electron chi connectivity index (χ3n) is 3.94. The van der Waals surface area contributed by atoms with Crippen molar-refractivity contribution in [2.24, 2.45) is 0 Å². The molecule has 0 spiro atoms. The van der Waals surface area contributed by atoms with Gasteiger partial charge in [-0.25, -0.2) is 0 Å². The maximum Gasteiger partial charge on any atom is 0.257 e. The molecule has 3 rings (SSSR count). The van der Waals surface area contributed by atoms with E-state index in [0.29, 0.717) is 42.6 Å². The number of carbonyl (C=O) groups is 1. The predicted octanol–water partition coefficient (Wildman–Crippen LogP) is 3.25. The number of thiophene rings is 1. The summed E-state index contributed by atoms with van der Waals surface area (Å²) >= 11 is 1.39. The van der Waals surface area contributed by atoms with Gasteiger partial charge in [-0.3, -0.25) is 4.79 Å². The molecule has 0 atom stereocenters. The van der Waals surface area contributed by atoms with Gasteiger partial charge in [-0.05, 0) is 31.5 Å². The minimum Gasteiger partial charge on any atom is -0.486 e. The molecule has 1 aliphatic rings. The van der Waals surface area contributed by atoms with Gasteiger partial charge in [0.15, 0.2) is 11.5 Å². The van der Waals surface area contributed by atoms with Gasteiger partial charge in [0, 0.05) is 24.0 Å². The van der Waals surface area contributed by atoms with Crippen LogP contribution < -0.4 is 15.2 Å². The van der Waals surface area contributed by atoms with Crippen LogP contribution in [-0.4, -0.2) is 37.1 Å². The molecule has 1 aromatic carbocycles. The van der Waals surface area contributed by atoms with Crippen molar-refractivity contribution in [3.05, 3.63) is 29.1 Å². The van der Waals surface area contributed by atoms with Crippen molar-refractivity contribution < 1.29 is 14.3 Å². The number of ether oxygens (including phenoxy) is 2. The molecule has 2 N–H and O–H groups in total. The molecule has 0 saturated heterocycles. The standard InChI is InChI=1S/C17H20N2O3S/c1-3-19(4-2)17(20)15-12(10-23-16(15)18)11-5-6-13-14(9-11)22-8-7-21-13/h5-6,9-10H,3-4,7-8,18H2,1-2H3. The molecular formula is C17H20N2O3S. The number of amides is 1. The van der Waals surface area contributed by atoms with Gasteiger partial charge in [-0.1, -0.05) is 6.07 Å². The second-order valence-corrected chi connectivity index (χ2v) is 6.14. The predicted molar refractivity (Wildman–Crippen MR) is 92.4 cm³/mol. The van der Waals surface area contributed by atoms with Crippen molar-refractivity contribution in [3.8, 4) is 22.6 Å². The molecule has 2 heterocycles. The highest BCUT2D eigenvalue weighted by Gasteiger charge is 2.23. The van der Waals surface area contributed by atoms with E-state index in [9.17, 15) is 4.79 Å². The SMILES string of the molecule is CCN(CC)C(=O)c1c(-c2ccc3c(c2)OCCO3)csc1N. The third kappa shape index (κ3) is 2.86. The van der Waals surface area contributed by atoms with Gasteiger partial charge in [0.1, 0.15) is 13.2 Å². The van der Waals surface area contributed by atoms with Crippen LogP contribution in [0.1, 0.15) is 24.2 Å². The smallest absolute Gasteiger partial charge is 0.257 e. The number of nitrogen functional groups attached to an aromatic ring is 1. The normalized spacial score (nSPS) is 13.0. The van der Waals surface area contributed by atoms with E-state index >= 15 is 0 Å². The topological polar surface area (TPSA) is 64.8 Å². The number of anilines is 1. The Kier molecular flexibility index (Phi) is 4.43. The van der Waals surface area contributed by atoms with Crippen molar-refractivity contribution in [2.45, 2.75) is 13.8 Å². The molecule has 1 aliphatic heterocycles. The van der Waals surface area contributed by atoms with E-state index in [1.165, 1.54) is 11.3 Å². The fraction of sp³-hybridized carbons (Fsp3) is 0.353. The van der Waals surface area contributed by atoms with E-state index in [1.807, 2.05) is 37.4 Å². The highest BCUT2D eigenvalue weighted by Crippen LogP contribution is 2.39. The summed E-state index contributed by atoms with van der Waals surface area (Å²) in [7, 11) is 0. The largest absolute Gasteiger partial charge is 0.486 e. The van der Waals surface area contributed by atoms with Crippen molar-refractivity contribution >= 4 is 22.2 Å². The average Bonchev–Trinajstić information content (AvgIpc) is 2.97. The molecule has 1 amide bonds. The summed E-state index contributed by atoms with van der Waals surface area (Å²) in [5.41, 5.74) is 8.42. The second-order valence-electron chi connectivity index (χ2n) is 5.22. The van der Waals surface area contributed by atoms with Crippen LogP contribution in [0.25, 0.3) is 11.1 Å². The molecule has 23 heavy (non-hydrogen) atoms. The van der Waals surface area contributed by atoms with Crippen molar-refractivity contribution in [3.63, 3.8) is 0 Å². The lowest BCUT2D eigenvalue weighted by Gasteiger charge is -2.21. The molecule has 122 valence electrons. The Morgan fingerprint density at radius 2 is 1.91 bits per heavy atom. The van der Waals surface area contributed by atoms with Crippen LogP contribution in [0, 0.1) is 0 Å². The molecule has 0 unspecified atom stereocenters. The van der Waals surface area contributed by atoms with Crippen LogP contribution in [0.15, 0.2) is 23.6 Å². The molecule has 0 aliphatic carbocycles. The first kappa shape index (κ1) is 15.7. The molecule has 0 radical (unpaired) electrons. The van der Waals surface area contributed by atoms with Crippen molar-refractivity contribution in [1.29, 1.82) is 0 Å². The zero-order valence-electron chi connectivity index (χ0n) is 13.3. The number of hydrogen-bond acceptors (Lipinski definition) is 5. The van der Waals surface area contributed by atoms with Crippen molar-refractivity contribution in [1.82, 2.24) is 4.90 Å². The lowest BCUT2D eigenvalue weighted by Crippen LogP contribution is -2.31. The molecule has 0 fully saturated rings. The Labute approximate surface area is 139 Å². The van der Waals surface area contributed by atoms with Gasteiger partial charge < -0.3 is 20.1 Å². The molecule has 0 saturated carbocycles. The fourth-order valence-corrected chi connectivity index (χ4v) is 3.50. The van der Waals surface area contributed by atoms with Crippen LogP contribution in [-0.2, 0) is 0 Å². The van der Waals surface area contributed by atoms with Gasteiger partial charge >= 0.3 is 0 Å².